The van der Waals surface area contributed by atoms with Crippen molar-refractivity contribution in [1.82, 2.24) is 4.90 Å². The van der Waals surface area contributed by atoms with Gasteiger partial charge in [-0.25, -0.2) is 0 Å². The van der Waals surface area contributed by atoms with Crippen molar-refractivity contribution in [3.05, 3.63) is 0 Å². The number of hydrogen-bond acceptors (Lipinski definition) is 3. The zero-order valence-electron chi connectivity index (χ0n) is 8.18. The lowest BCUT2D eigenvalue weighted by Gasteiger charge is -2.21. The number of hydrogen-bond donors (Lipinski definition) is 1. The molecule has 0 aromatic carbocycles. The van der Waals surface area contributed by atoms with E-state index in [1.807, 2.05) is 0 Å². The summed E-state index contributed by atoms with van der Waals surface area (Å²) in [6.45, 7) is 0.805. The van der Waals surface area contributed by atoms with Crippen molar-refractivity contribution >= 4 is 0 Å². The summed E-state index contributed by atoms with van der Waals surface area (Å²) < 4.78 is 40.3. The lowest BCUT2D eigenvalue weighted by Crippen LogP contribution is -2.33. The van der Waals surface area contributed by atoms with Crippen LogP contribution >= 0.6 is 0 Å². The Bertz CT molecular complexity index is 141. The number of halogens is 3. The van der Waals surface area contributed by atoms with Gasteiger partial charge in [0.05, 0.1) is 19.6 Å². The van der Waals surface area contributed by atoms with E-state index in [-0.39, 0.29) is 19.7 Å². The van der Waals surface area contributed by atoms with E-state index in [0.29, 0.717) is 13.2 Å². The van der Waals surface area contributed by atoms with Crippen LogP contribution in [0.2, 0.25) is 0 Å². The fourth-order valence-electron chi connectivity index (χ4n) is 0.982. The Morgan fingerprint density at radius 2 is 1.86 bits per heavy atom. The van der Waals surface area contributed by atoms with Crippen molar-refractivity contribution in [3.8, 4) is 0 Å². The molecule has 0 rings (SSSR count). The van der Waals surface area contributed by atoms with Crippen LogP contribution in [0.4, 0.5) is 13.2 Å². The van der Waals surface area contributed by atoms with Crippen molar-refractivity contribution in [2.24, 2.45) is 0 Å². The summed E-state index contributed by atoms with van der Waals surface area (Å²) in [5, 5.41) is 8.60. The predicted molar refractivity (Wildman–Crippen MR) is 46.1 cm³/mol. The quantitative estimate of drug-likeness (QED) is 0.684. The SMILES string of the molecule is COCCN(CCO)CCC(F)(F)F. The monoisotopic (exact) mass is 215 g/mol. The molecule has 0 aliphatic carbocycles. The van der Waals surface area contributed by atoms with Gasteiger partial charge in [-0.05, 0) is 0 Å². The van der Waals surface area contributed by atoms with Gasteiger partial charge < -0.3 is 9.84 Å². The smallest absolute Gasteiger partial charge is 0.390 e. The Morgan fingerprint density at radius 1 is 1.21 bits per heavy atom. The summed E-state index contributed by atoms with van der Waals surface area (Å²) in [4.78, 5) is 1.52. The highest BCUT2D eigenvalue weighted by molar-refractivity contribution is 4.60. The van der Waals surface area contributed by atoms with Gasteiger partial charge in [0.2, 0.25) is 0 Å². The first-order chi connectivity index (χ1) is 6.49. The number of aliphatic hydroxyl groups is 1. The highest BCUT2D eigenvalue weighted by Gasteiger charge is 2.27. The van der Waals surface area contributed by atoms with Crippen LogP contribution in [0.1, 0.15) is 6.42 Å². The van der Waals surface area contributed by atoms with Gasteiger partial charge in [0, 0.05) is 26.7 Å². The van der Waals surface area contributed by atoms with Crippen molar-refractivity contribution < 1.29 is 23.0 Å². The number of methoxy groups -OCH3 is 1. The van der Waals surface area contributed by atoms with Gasteiger partial charge in [0.25, 0.3) is 0 Å². The third-order valence-corrected chi connectivity index (χ3v) is 1.74. The van der Waals surface area contributed by atoms with Crippen LogP contribution < -0.4 is 0 Å². The van der Waals surface area contributed by atoms with E-state index in [4.69, 9.17) is 9.84 Å². The first-order valence-electron chi connectivity index (χ1n) is 4.38. The highest BCUT2D eigenvalue weighted by atomic mass is 19.4. The Balaban J connectivity index is 3.72. The van der Waals surface area contributed by atoms with Crippen LogP contribution in [0.15, 0.2) is 0 Å². The Kier molecular flexibility index (Phi) is 6.86. The largest absolute Gasteiger partial charge is 0.395 e. The topological polar surface area (TPSA) is 32.7 Å². The van der Waals surface area contributed by atoms with Gasteiger partial charge in [-0.1, -0.05) is 0 Å². The molecule has 0 saturated carbocycles. The molecule has 0 saturated heterocycles. The maximum absolute atomic E-state index is 11.9. The van der Waals surface area contributed by atoms with Crippen molar-refractivity contribution in [2.75, 3.05) is 40.0 Å². The summed E-state index contributed by atoms with van der Waals surface area (Å²) in [7, 11) is 1.49. The lowest BCUT2D eigenvalue weighted by atomic mass is 10.3. The number of alkyl halides is 3. The normalized spacial score (nSPS) is 12.4. The minimum atomic E-state index is -4.14. The molecule has 14 heavy (non-hydrogen) atoms. The molecule has 0 amide bonds. The van der Waals surface area contributed by atoms with Crippen LogP contribution in [0.3, 0.4) is 0 Å². The van der Waals surface area contributed by atoms with Gasteiger partial charge in [-0.15, -0.1) is 0 Å². The number of aliphatic hydroxyl groups excluding tert-OH is 1. The molecule has 0 heterocycles. The van der Waals surface area contributed by atoms with Crippen LogP contribution in [0, 0.1) is 0 Å². The minimum absolute atomic E-state index is 0.0899. The zero-order chi connectivity index (χ0) is 11.0. The molecule has 0 radical (unpaired) electrons. The van der Waals surface area contributed by atoms with Crippen LogP contribution in [-0.4, -0.2) is 56.1 Å². The molecular weight excluding hydrogens is 199 g/mol. The fourth-order valence-corrected chi connectivity index (χ4v) is 0.982. The van der Waals surface area contributed by atoms with Crippen LogP contribution in [0.5, 0.6) is 0 Å². The van der Waals surface area contributed by atoms with Gasteiger partial charge in [0.1, 0.15) is 0 Å². The predicted octanol–water partition coefficient (Wildman–Crippen LogP) is 0.880. The molecule has 3 nitrogen and oxygen atoms in total. The molecule has 0 spiro atoms. The standard InChI is InChI=1S/C8H16F3NO2/c1-14-7-5-12(4-6-13)3-2-8(9,10)11/h13H,2-7H2,1H3. The molecule has 0 atom stereocenters. The molecule has 1 N–H and O–H groups in total. The average molecular weight is 215 g/mol. The lowest BCUT2D eigenvalue weighted by molar-refractivity contribution is -0.138. The third-order valence-electron chi connectivity index (χ3n) is 1.74. The van der Waals surface area contributed by atoms with E-state index in [1.54, 1.807) is 0 Å². The van der Waals surface area contributed by atoms with Gasteiger partial charge in [0.15, 0.2) is 0 Å². The second-order valence-corrected chi connectivity index (χ2v) is 2.92. The number of nitrogens with zero attached hydrogens (tertiary/aromatic N) is 1. The van der Waals surface area contributed by atoms with E-state index in [9.17, 15) is 13.2 Å². The van der Waals surface area contributed by atoms with Crippen molar-refractivity contribution in [3.63, 3.8) is 0 Å². The summed E-state index contributed by atoms with van der Waals surface area (Å²) in [6.07, 6.45) is -4.99. The molecule has 0 aromatic heterocycles. The first-order valence-corrected chi connectivity index (χ1v) is 4.38. The first kappa shape index (κ1) is 13.7. The Morgan fingerprint density at radius 3 is 2.29 bits per heavy atom. The summed E-state index contributed by atoms with van der Waals surface area (Å²) in [5.74, 6) is 0. The van der Waals surface area contributed by atoms with E-state index < -0.39 is 12.6 Å². The summed E-state index contributed by atoms with van der Waals surface area (Å²) in [6, 6.07) is 0. The molecular formula is C8H16F3NO2. The molecule has 86 valence electrons. The van der Waals surface area contributed by atoms with E-state index in [1.165, 1.54) is 12.0 Å². The average Bonchev–Trinajstić information content (AvgIpc) is 2.08. The second-order valence-electron chi connectivity index (χ2n) is 2.92. The fraction of sp³-hybridized carbons (Fsp3) is 1.00. The van der Waals surface area contributed by atoms with E-state index >= 15 is 0 Å². The van der Waals surface area contributed by atoms with Crippen LogP contribution in [-0.2, 0) is 4.74 Å². The van der Waals surface area contributed by atoms with E-state index in [0.717, 1.165) is 0 Å². The zero-order valence-corrected chi connectivity index (χ0v) is 8.18. The molecule has 0 aliphatic rings. The second kappa shape index (κ2) is 7.03. The van der Waals surface area contributed by atoms with Crippen LogP contribution in [0.25, 0.3) is 0 Å². The third kappa shape index (κ3) is 8.28. The van der Waals surface area contributed by atoms with Gasteiger partial charge >= 0.3 is 6.18 Å². The summed E-state index contributed by atoms with van der Waals surface area (Å²) >= 11 is 0. The number of rotatable bonds is 7. The maximum Gasteiger partial charge on any atom is 0.390 e. The molecule has 0 unspecified atom stereocenters. The minimum Gasteiger partial charge on any atom is -0.395 e. The summed E-state index contributed by atoms with van der Waals surface area (Å²) in [5.41, 5.74) is 0. The molecule has 0 aliphatic heterocycles. The van der Waals surface area contributed by atoms with Crippen molar-refractivity contribution in [1.29, 1.82) is 0 Å². The van der Waals surface area contributed by atoms with Gasteiger partial charge in [-0.3, -0.25) is 4.90 Å². The van der Waals surface area contributed by atoms with E-state index in [2.05, 4.69) is 0 Å². The van der Waals surface area contributed by atoms with Gasteiger partial charge in [-0.2, -0.15) is 13.2 Å². The van der Waals surface area contributed by atoms with Crippen molar-refractivity contribution in [2.45, 2.75) is 12.6 Å². The molecule has 0 aromatic rings. The molecule has 0 fully saturated rings. The Labute approximate surface area is 81.5 Å². The number of ether oxygens (including phenoxy) is 1. The molecule has 6 heteroatoms. The molecule has 0 bridgehead atoms. The highest BCUT2D eigenvalue weighted by Crippen LogP contribution is 2.19. The Hall–Kier alpha value is -0.330. The maximum atomic E-state index is 11.9.